The van der Waals surface area contributed by atoms with Crippen molar-refractivity contribution in [1.82, 2.24) is 0 Å². The Labute approximate surface area is 70.4 Å². The number of rotatable bonds is 3. The van der Waals surface area contributed by atoms with Gasteiger partial charge in [-0.3, -0.25) is 4.79 Å². The minimum Gasteiger partial charge on any atom is -0.468 e. The van der Waals surface area contributed by atoms with Crippen LogP contribution >= 0.6 is 23.2 Å². The van der Waals surface area contributed by atoms with Crippen LogP contribution in [0.25, 0.3) is 0 Å². The van der Waals surface area contributed by atoms with Gasteiger partial charge in [-0.15, -0.1) is 23.2 Å². The van der Waals surface area contributed by atoms with Crippen LogP contribution in [0, 0.1) is 0 Å². The largest absolute Gasteiger partial charge is 0.468 e. The van der Waals surface area contributed by atoms with Crippen molar-refractivity contribution < 1.29 is 9.53 Å². The molecule has 0 aromatic carbocycles. The zero-order valence-corrected chi connectivity index (χ0v) is 7.45. The van der Waals surface area contributed by atoms with Crippen LogP contribution in [0.3, 0.4) is 0 Å². The molecule has 2 unspecified atom stereocenters. The van der Waals surface area contributed by atoms with Gasteiger partial charge >= 0.3 is 5.97 Å². The lowest BCUT2D eigenvalue weighted by atomic mass is 10.2. The number of halogens is 2. The summed E-state index contributed by atoms with van der Waals surface area (Å²) in [7, 11) is 1.30. The SMILES string of the molecule is COC(=O)C(Cl)CC(C)Cl. The molecular formula is C6H10Cl2O2. The van der Waals surface area contributed by atoms with Gasteiger partial charge in [0.15, 0.2) is 0 Å². The molecule has 60 valence electrons. The Hall–Kier alpha value is 0.0500. The molecule has 0 aromatic heterocycles. The molecule has 0 spiro atoms. The van der Waals surface area contributed by atoms with Gasteiger partial charge < -0.3 is 4.74 Å². The van der Waals surface area contributed by atoms with Crippen molar-refractivity contribution in [2.75, 3.05) is 7.11 Å². The molecule has 0 heterocycles. The number of hydrogen-bond acceptors (Lipinski definition) is 2. The lowest BCUT2D eigenvalue weighted by Crippen LogP contribution is -2.18. The van der Waals surface area contributed by atoms with E-state index < -0.39 is 11.3 Å². The molecule has 0 amide bonds. The summed E-state index contributed by atoms with van der Waals surface area (Å²) in [6.45, 7) is 1.78. The molecule has 0 radical (unpaired) electrons. The van der Waals surface area contributed by atoms with Gasteiger partial charge in [0.05, 0.1) is 7.11 Å². The first-order valence-electron chi connectivity index (χ1n) is 2.94. The quantitative estimate of drug-likeness (QED) is 0.494. The van der Waals surface area contributed by atoms with E-state index in [1.165, 1.54) is 7.11 Å². The third kappa shape index (κ3) is 3.96. The number of carbonyl (C=O) groups excluding carboxylic acids is 1. The van der Waals surface area contributed by atoms with Crippen molar-refractivity contribution in [1.29, 1.82) is 0 Å². The Morgan fingerprint density at radius 1 is 1.60 bits per heavy atom. The van der Waals surface area contributed by atoms with E-state index in [1.54, 1.807) is 6.92 Å². The molecule has 10 heavy (non-hydrogen) atoms. The highest BCUT2D eigenvalue weighted by Gasteiger charge is 2.17. The number of ether oxygens (including phenoxy) is 1. The van der Waals surface area contributed by atoms with Crippen molar-refractivity contribution >= 4 is 29.2 Å². The second-order valence-electron chi connectivity index (χ2n) is 2.01. The Morgan fingerprint density at radius 2 is 2.10 bits per heavy atom. The van der Waals surface area contributed by atoms with Crippen LogP contribution in [0.1, 0.15) is 13.3 Å². The van der Waals surface area contributed by atoms with Crippen LogP contribution in [0.5, 0.6) is 0 Å². The fraction of sp³-hybridized carbons (Fsp3) is 0.833. The predicted octanol–water partition coefficient (Wildman–Crippen LogP) is 1.78. The van der Waals surface area contributed by atoms with Gasteiger partial charge in [0.2, 0.25) is 0 Å². The van der Waals surface area contributed by atoms with E-state index >= 15 is 0 Å². The fourth-order valence-corrected chi connectivity index (χ4v) is 1.13. The van der Waals surface area contributed by atoms with E-state index in [0.717, 1.165) is 0 Å². The standard InChI is InChI=1S/C6H10Cl2O2/c1-4(7)3-5(8)6(9)10-2/h4-5H,3H2,1-2H3. The highest BCUT2D eigenvalue weighted by molar-refractivity contribution is 6.30. The molecule has 0 saturated carbocycles. The topological polar surface area (TPSA) is 26.3 Å². The smallest absolute Gasteiger partial charge is 0.323 e. The van der Waals surface area contributed by atoms with E-state index in [1.807, 2.05) is 0 Å². The Morgan fingerprint density at radius 3 is 2.40 bits per heavy atom. The number of carbonyl (C=O) groups is 1. The summed E-state index contributed by atoms with van der Waals surface area (Å²) in [5.74, 6) is -0.422. The summed E-state index contributed by atoms with van der Waals surface area (Å²) >= 11 is 11.1. The molecule has 0 fully saturated rings. The van der Waals surface area contributed by atoms with Gasteiger partial charge in [-0.2, -0.15) is 0 Å². The van der Waals surface area contributed by atoms with Crippen LogP contribution in [0.4, 0.5) is 0 Å². The van der Waals surface area contributed by atoms with Gasteiger partial charge in [0.1, 0.15) is 5.38 Å². The zero-order valence-electron chi connectivity index (χ0n) is 5.93. The average molecular weight is 185 g/mol. The van der Waals surface area contributed by atoms with E-state index in [-0.39, 0.29) is 5.38 Å². The molecule has 2 nitrogen and oxygen atoms in total. The Kier molecular flexibility index (Phi) is 4.83. The predicted molar refractivity (Wildman–Crippen MR) is 41.6 cm³/mol. The molecule has 0 N–H and O–H groups in total. The first-order valence-corrected chi connectivity index (χ1v) is 3.81. The van der Waals surface area contributed by atoms with Crippen molar-refractivity contribution in [2.45, 2.75) is 24.1 Å². The average Bonchev–Trinajstić information content (AvgIpc) is 1.85. The lowest BCUT2D eigenvalue weighted by Gasteiger charge is -2.07. The van der Waals surface area contributed by atoms with Gasteiger partial charge in [-0.25, -0.2) is 0 Å². The number of esters is 1. The van der Waals surface area contributed by atoms with Gasteiger partial charge in [-0.05, 0) is 13.3 Å². The molecule has 0 bridgehead atoms. The second-order valence-corrected chi connectivity index (χ2v) is 3.28. The monoisotopic (exact) mass is 184 g/mol. The molecular weight excluding hydrogens is 175 g/mol. The number of hydrogen-bond donors (Lipinski definition) is 0. The first-order chi connectivity index (χ1) is 4.57. The van der Waals surface area contributed by atoms with Gasteiger partial charge in [-0.1, -0.05) is 0 Å². The van der Waals surface area contributed by atoms with Crippen LogP contribution < -0.4 is 0 Å². The summed E-state index contributed by atoms with van der Waals surface area (Å²) in [5.41, 5.74) is 0. The summed E-state index contributed by atoms with van der Waals surface area (Å²) in [5, 5.41) is -0.709. The second kappa shape index (κ2) is 4.80. The lowest BCUT2D eigenvalue weighted by molar-refractivity contribution is -0.140. The Bertz CT molecular complexity index is 114. The highest BCUT2D eigenvalue weighted by atomic mass is 35.5. The summed E-state index contributed by atoms with van der Waals surface area (Å²) in [6.07, 6.45) is 0.440. The van der Waals surface area contributed by atoms with Crippen molar-refractivity contribution in [3.63, 3.8) is 0 Å². The first kappa shape index (κ1) is 10.0. The van der Waals surface area contributed by atoms with Gasteiger partial charge in [0.25, 0.3) is 0 Å². The van der Waals surface area contributed by atoms with Gasteiger partial charge in [0, 0.05) is 5.38 Å². The van der Waals surface area contributed by atoms with E-state index in [9.17, 15) is 4.79 Å². The minimum atomic E-state index is -0.613. The van der Waals surface area contributed by atoms with Crippen LogP contribution in [0.15, 0.2) is 0 Å². The molecule has 0 aliphatic rings. The van der Waals surface area contributed by atoms with Crippen molar-refractivity contribution in [3.8, 4) is 0 Å². The third-order valence-electron chi connectivity index (χ3n) is 0.989. The number of methoxy groups -OCH3 is 1. The molecule has 0 saturated heterocycles. The van der Waals surface area contributed by atoms with E-state index in [4.69, 9.17) is 23.2 Å². The summed E-state index contributed by atoms with van der Waals surface area (Å²) in [6, 6.07) is 0. The molecule has 0 aromatic rings. The highest BCUT2D eigenvalue weighted by Crippen LogP contribution is 2.11. The molecule has 0 rings (SSSR count). The maximum Gasteiger partial charge on any atom is 0.323 e. The van der Waals surface area contributed by atoms with E-state index in [0.29, 0.717) is 6.42 Å². The zero-order chi connectivity index (χ0) is 8.15. The molecule has 0 aliphatic carbocycles. The maximum absolute atomic E-state index is 10.6. The molecule has 0 aliphatic heterocycles. The maximum atomic E-state index is 10.6. The molecule has 4 heteroatoms. The molecule has 2 atom stereocenters. The van der Waals surface area contributed by atoms with Crippen molar-refractivity contribution in [3.05, 3.63) is 0 Å². The minimum absolute atomic E-state index is 0.0957. The normalized spacial score (nSPS) is 16.0. The summed E-state index contributed by atoms with van der Waals surface area (Å²) < 4.78 is 4.38. The van der Waals surface area contributed by atoms with Crippen LogP contribution in [0.2, 0.25) is 0 Å². The summed E-state index contributed by atoms with van der Waals surface area (Å²) in [4.78, 5) is 10.6. The van der Waals surface area contributed by atoms with Crippen molar-refractivity contribution in [2.24, 2.45) is 0 Å². The fourth-order valence-electron chi connectivity index (χ4n) is 0.509. The number of alkyl halides is 2. The Balaban J connectivity index is 3.61. The van der Waals surface area contributed by atoms with E-state index in [2.05, 4.69) is 4.74 Å². The van der Waals surface area contributed by atoms with Crippen LogP contribution in [-0.4, -0.2) is 23.8 Å². The third-order valence-corrected chi connectivity index (χ3v) is 1.52. The van der Waals surface area contributed by atoms with Crippen LogP contribution in [-0.2, 0) is 9.53 Å².